The second-order valence-corrected chi connectivity index (χ2v) is 6.96. The van der Waals surface area contributed by atoms with E-state index in [-0.39, 0.29) is 17.9 Å². The van der Waals surface area contributed by atoms with Gasteiger partial charge in [0.15, 0.2) is 0 Å². The Labute approximate surface area is 148 Å². The maximum Gasteiger partial charge on any atom is 0.414 e. The molecule has 2 aliphatic rings. The third-order valence-corrected chi connectivity index (χ3v) is 4.29. The Kier molecular flexibility index (Phi) is 9.44. The van der Waals surface area contributed by atoms with Gasteiger partial charge < -0.3 is 25.2 Å². The molecule has 1 amide bonds. The fraction of sp³-hybridized carbons (Fsp3) is 0.824. The van der Waals surface area contributed by atoms with Crippen LogP contribution in [0.2, 0.25) is 0 Å². The summed E-state index contributed by atoms with van der Waals surface area (Å²) in [5.74, 6) is -2.49. The zero-order valence-electron chi connectivity index (χ0n) is 15.1. The predicted molar refractivity (Wildman–Crippen MR) is 91.3 cm³/mol. The first kappa shape index (κ1) is 21.4. The van der Waals surface area contributed by atoms with Gasteiger partial charge in [-0.25, -0.2) is 9.59 Å². The van der Waals surface area contributed by atoms with E-state index in [0.717, 1.165) is 51.9 Å². The zero-order valence-corrected chi connectivity index (χ0v) is 15.1. The van der Waals surface area contributed by atoms with Crippen LogP contribution in [0.5, 0.6) is 0 Å². The third-order valence-electron chi connectivity index (χ3n) is 4.29. The maximum atomic E-state index is 12.1. The fourth-order valence-electron chi connectivity index (χ4n) is 3.06. The summed E-state index contributed by atoms with van der Waals surface area (Å²) < 4.78 is 5.53. The second-order valence-electron chi connectivity index (χ2n) is 6.96. The molecule has 3 N–H and O–H groups in total. The van der Waals surface area contributed by atoms with Crippen molar-refractivity contribution in [2.45, 2.75) is 45.6 Å². The van der Waals surface area contributed by atoms with Crippen LogP contribution in [0.15, 0.2) is 0 Å². The van der Waals surface area contributed by atoms with Crippen molar-refractivity contribution in [2.24, 2.45) is 11.8 Å². The van der Waals surface area contributed by atoms with Gasteiger partial charge in [-0.1, -0.05) is 13.8 Å². The molecule has 0 aromatic heterocycles. The number of carbonyl (C=O) groups excluding carboxylic acids is 1. The molecule has 25 heavy (non-hydrogen) atoms. The first-order valence-corrected chi connectivity index (χ1v) is 8.87. The summed E-state index contributed by atoms with van der Waals surface area (Å²) in [5, 5.41) is 17.8. The highest BCUT2D eigenvalue weighted by molar-refractivity contribution is 6.27. The molecule has 0 bridgehead atoms. The number of rotatable bonds is 5. The topological polar surface area (TPSA) is 116 Å². The molecule has 0 aromatic rings. The van der Waals surface area contributed by atoms with Gasteiger partial charge in [0.1, 0.15) is 0 Å². The molecule has 0 aliphatic carbocycles. The van der Waals surface area contributed by atoms with E-state index in [1.54, 1.807) is 0 Å². The number of carboxylic acid groups (broad SMARTS) is 2. The van der Waals surface area contributed by atoms with Crippen LogP contribution in [0.4, 0.5) is 0 Å². The highest BCUT2D eigenvalue weighted by atomic mass is 16.5. The van der Waals surface area contributed by atoms with E-state index in [4.69, 9.17) is 24.5 Å². The van der Waals surface area contributed by atoms with E-state index in [1.165, 1.54) is 0 Å². The smallest absolute Gasteiger partial charge is 0.414 e. The zero-order chi connectivity index (χ0) is 18.8. The minimum absolute atomic E-state index is 0.213. The van der Waals surface area contributed by atoms with E-state index in [1.807, 2.05) is 0 Å². The summed E-state index contributed by atoms with van der Waals surface area (Å²) in [4.78, 5) is 32.8. The van der Waals surface area contributed by atoms with Gasteiger partial charge in [-0.3, -0.25) is 4.79 Å². The fourth-order valence-corrected chi connectivity index (χ4v) is 3.06. The van der Waals surface area contributed by atoms with Crippen molar-refractivity contribution in [1.29, 1.82) is 0 Å². The SMILES string of the molecule is CC(C)CN1CCC(C(=O)NCC2CCCO2)CC1.O=C(O)C(=O)O. The van der Waals surface area contributed by atoms with Crippen molar-refractivity contribution in [1.82, 2.24) is 10.2 Å². The van der Waals surface area contributed by atoms with E-state index in [0.29, 0.717) is 12.5 Å². The van der Waals surface area contributed by atoms with Crippen molar-refractivity contribution in [3.63, 3.8) is 0 Å². The van der Waals surface area contributed by atoms with Gasteiger partial charge in [0.2, 0.25) is 5.91 Å². The Morgan fingerprint density at radius 2 is 1.72 bits per heavy atom. The Hall–Kier alpha value is -1.67. The van der Waals surface area contributed by atoms with Crippen LogP contribution in [0, 0.1) is 11.8 Å². The van der Waals surface area contributed by atoms with E-state index in [9.17, 15) is 4.79 Å². The van der Waals surface area contributed by atoms with Gasteiger partial charge >= 0.3 is 11.9 Å². The highest BCUT2D eigenvalue weighted by Gasteiger charge is 2.26. The largest absolute Gasteiger partial charge is 0.473 e. The van der Waals surface area contributed by atoms with E-state index >= 15 is 0 Å². The van der Waals surface area contributed by atoms with Crippen LogP contribution >= 0.6 is 0 Å². The predicted octanol–water partition coefficient (Wildman–Crippen LogP) is 0.805. The Morgan fingerprint density at radius 1 is 1.12 bits per heavy atom. The van der Waals surface area contributed by atoms with Crippen molar-refractivity contribution < 1.29 is 29.3 Å². The van der Waals surface area contributed by atoms with Crippen LogP contribution < -0.4 is 5.32 Å². The molecule has 2 saturated heterocycles. The normalized spacial score (nSPS) is 21.5. The number of ether oxygens (including phenoxy) is 1. The van der Waals surface area contributed by atoms with Crippen molar-refractivity contribution >= 4 is 17.8 Å². The molecule has 2 rings (SSSR count). The van der Waals surface area contributed by atoms with E-state index in [2.05, 4.69) is 24.1 Å². The monoisotopic (exact) mass is 358 g/mol. The number of hydrogen-bond acceptors (Lipinski definition) is 5. The number of carboxylic acids is 2. The lowest BCUT2D eigenvalue weighted by Gasteiger charge is -2.32. The second kappa shape index (κ2) is 11.0. The first-order chi connectivity index (χ1) is 11.8. The Morgan fingerprint density at radius 3 is 2.16 bits per heavy atom. The summed E-state index contributed by atoms with van der Waals surface area (Å²) in [6.07, 6.45) is 4.49. The van der Waals surface area contributed by atoms with Crippen molar-refractivity contribution in [3.05, 3.63) is 0 Å². The van der Waals surface area contributed by atoms with Crippen molar-refractivity contribution in [3.8, 4) is 0 Å². The molecule has 0 saturated carbocycles. The standard InChI is InChI=1S/C15H28N2O2.C2H2O4/c1-12(2)11-17-7-5-13(6-8-17)15(18)16-10-14-4-3-9-19-14;3-1(4)2(5)6/h12-14H,3-11H2,1-2H3,(H,16,18);(H,3,4)(H,5,6). The number of nitrogens with one attached hydrogen (secondary N) is 1. The van der Waals surface area contributed by atoms with Gasteiger partial charge in [0.25, 0.3) is 0 Å². The average Bonchev–Trinajstić information content (AvgIpc) is 3.06. The molecule has 0 radical (unpaired) electrons. The summed E-state index contributed by atoms with van der Waals surface area (Å²) in [6, 6.07) is 0. The lowest BCUT2D eigenvalue weighted by Crippen LogP contribution is -2.43. The highest BCUT2D eigenvalue weighted by Crippen LogP contribution is 2.18. The quantitative estimate of drug-likeness (QED) is 0.623. The van der Waals surface area contributed by atoms with Crippen molar-refractivity contribution in [2.75, 3.05) is 32.8 Å². The van der Waals surface area contributed by atoms with Gasteiger partial charge in [-0.15, -0.1) is 0 Å². The van der Waals surface area contributed by atoms with Gasteiger partial charge in [-0.05, 0) is 44.7 Å². The minimum atomic E-state index is -1.82. The average molecular weight is 358 g/mol. The molecule has 2 aliphatic heterocycles. The molecule has 8 heteroatoms. The van der Waals surface area contributed by atoms with Crippen LogP contribution in [-0.2, 0) is 19.1 Å². The molecular weight excluding hydrogens is 328 g/mol. The first-order valence-electron chi connectivity index (χ1n) is 8.87. The van der Waals surface area contributed by atoms with Crippen LogP contribution in [0.25, 0.3) is 0 Å². The number of hydrogen-bond donors (Lipinski definition) is 3. The molecule has 2 heterocycles. The summed E-state index contributed by atoms with van der Waals surface area (Å²) in [5.41, 5.74) is 0. The maximum absolute atomic E-state index is 12.1. The summed E-state index contributed by atoms with van der Waals surface area (Å²) >= 11 is 0. The molecule has 144 valence electrons. The molecule has 0 aromatic carbocycles. The molecule has 8 nitrogen and oxygen atoms in total. The van der Waals surface area contributed by atoms with Gasteiger partial charge in [-0.2, -0.15) is 0 Å². The number of likely N-dealkylation sites (tertiary alicyclic amines) is 1. The lowest BCUT2D eigenvalue weighted by molar-refractivity contribution is -0.159. The third kappa shape index (κ3) is 8.83. The molecular formula is C17H30N2O6. The Bertz CT molecular complexity index is 428. The molecule has 2 fully saturated rings. The minimum Gasteiger partial charge on any atom is -0.473 e. The number of aliphatic carboxylic acids is 2. The number of amides is 1. The number of nitrogens with zero attached hydrogens (tertiary/aromatic N) is 1. The van der Waals surface area contributed by atoms with Gasteiger partial charge in [0, 0.05) is 25.6 Å². The number of piperidine rings is 1. The lowest BCUT2D eigenvalue weighted by atomic mass is 9.95. The number of carbonyl (C=O) groups is 3. The van der Waals surface area contributed by atoms with Crippen LogP contribution in [-0.4, -0.2) is 71.8 Å². The molecule has 0 spiro atoms. The van der Waals surface area contributed by atoms with Crippen LogP contribution in [0.1, 0.15) is 39.5 Å². The molecule has 1 unspecified atom stereocenters. The summed E-state index contributed by atoms with van der Waals surface area (Å²) in [7, 11) is 0. The van der Waals surface area contributed by atoms with E-state index < -0.39 is 11.9 Å². The Balaban J connectivity index is 0.000000450. The van der Waals surface area contributed by atoms with Gasteiger partial charge in [0.05, 0.1) is 6.10 Å². The summed E-state index contributed by atoms with van der Waals surface area (Å²) in [6.45, 7) is 9.34. The van der Waals surface area contributed by atoms with Crippen LogP contribution in [0.3, 0.4) is 0 Å². The molecule has 1 atom stereocenters.